The number of nitrogens with two attached hydrogens (primary N) is 1. The van der Waals surface area contributed by atoms with Gasteiger partial charge < -0.3 is 16.0 Å². The van der Waals surface area contributed by atoms with E-state index in [1.165, 1.54) is 8.87 Å². The number of anilines is 2. The predicted molar refractivity (Wildman–Crippen MR) is 190 cm³/mol. The number of fused-ring (bicyclic) bond motifs is 1. The molecule has 0 saturated heterocycles. The van der Waals surface area contributed by atoms with Crippen molar-refractivity contribution < 1.29 is 13.2 Å². The van der Waals surface area contributed by atoms with Crippen LogP contribution < -0.4 is 16.0 Å². The Morgan fingerprint density at radius 1 is 0.896 bits per heavy atom. The highest BCUT2D eigenvalue weighted by Crippen LogP contribution is 2.38. The smallest absolute Gasteiger partial charge is 0.323 e. The molecule has 48 heavy (non-hydrogen) atoms. The van der Waals surface area contributed by atoms with Crippen molar-refractivity contribution >= 4 is 38.5 Å². The first kappa shape index (κ1) is 32.6. The van der Waals surface area contributed by atoms with Crippen LogP contribution in [-0.4, -0.2) is 65.3 Å². The lowest BCUT2D eigenvalue weighted by atomic mass is 10.00. The van der Waals surface area contributed by atoms with E-state index >= 15 is 0 Å². The van der Waals surface area contributed by atoms with Crippen molar-refractivity contribution in [1.82, 2.24) is 29.0 Å². The molecule has 0 unspecified atom stereocenters. The monoisotopic (exact) mass is 662 g/mol. The number of benzene rings is 3. The van der Waals surface area contributed by atoms with Crippen molar-refractivity contribution in [3.63, 3.8) is 0 Å². The zero-order valence-corrected chi connectivity index (χ0v) is 27.9. The van der Waals surface area contributed by atoms with Gasteiger partial charge in [0.15, 0.2) is 5.65 Å². The Balaban J connectivity index is 1.46. The van der Waals surface area contributed by atoms with Crippen LogP contribution in [0.1, 0.15) is 12.6 Å². The van der Waals surface area contributed by atoms with E-state index in [4.69, 9.17) is 10.8 Å². The van der Waals surface area contributed by atoms with Crippen LogP contribution in [0.4, 0.5) is 16.2 Å². The number of nitrogens with one attached hydrogen (secondary N) is 1. The van der Waals surface area contributed by atoms with Gasteiger partial charge >= 0.3 is 6.03 Å². The third kappa shape index (κ3) is 6.45. The fourth-order valence-electron chi connectivity index (χ4n) is 5.71. The summed E-state index contributed by atoms with van der Waals surface area (Å²) >= 11 is 0. The van der Waals surface area contributed by atoms with E-state index in [0.717, 1.165) is 23.2 Å². The Bertz CT molecular complexity index is 2140. The van der Waals surface area contributed by atoms with E-state index in [9.17, 15) is 13.2 Å². The van der Waals surface area contributed by atoms with Crippen molar-refractivity contribution in [3.8, 4) is 22.4 Å². The van der Waals surface area contributed by atoms with Gasteiger partial charge in [-0.25, -0.2) is 22.2 Å². The molecule has 0 fully saturated rings. The van der Waals surface area contributed by atoms with Gasteiger partial charge in [0.2, 0.25) is 0 Å². The summed E-state index contributed by atoms with van der Waals surface area (Å²) in [6.07, 6.45) is 3.61. The van der Waals surface area contributed by atoms with Crippen molar-refractivity contribution in [2.45, 2.75) is 24.9 Å². The molecule has 6 rings (SSSR count). The van der Waals surface area contributed by atoms with E-state index in [1.807, 2.05) is 98.6 Å². The number of pyridine rings is 1. The lowest BCUT2D eigenvalue weighted by molar-refractivity contribution is 0.256. The van der Waals surface area contributed by atoms with Gasteiger partial charge in [0.1, 0.15) is 5.69 Å². The van der Waals surface area contributed by atoms with Crippen molar-refractivity contribution in [3.05, 3.63) is 115 Å². The Labute approximate surface area is 280 Å². The van der Waals surface area contributed by atoms with Crippen molar-refractivity contribution in [2.75, 3.05) is 32.1 Å². The topological polar surface area (TPSA) is 131 Å². The maximum atomic E-state index is 14.1. The number of nitrogens with zero attached hydrogens (tertiary/aromatic N) is 6. The second-order valence-corrected chi connectivity index (χ2v) is 13.4. The molecule has 0 atom stereocenters. The molecular weight excluding hydrogens is 625 g/mol. The summed E-state index contributed by atoms with van der Waals surface area (Å²) in [5.74, 6) is 0. The van der Waals surface area contributed by atoms with Gasteiger partial charge in [-0.1, -0.05) is 48.5 Å². The average molecular weight is 663 g/mol. The summed E-state index contributed by atoms with van der Waals surface area (Å²) in [4.78, 5) is 20.8. The molecule has 3 aromatic heterocycles. The fraction of sp³-hybridized carbons (Fsp3) is 0.194. The Morgan fingerprint density at radius 2 is 1.56 bits per heavy atom. The van der Waals surface area contributed by atoms with Crippen molar-refractivity contribution in [2.24, 2.45) is 5.73 Å². The first-order valence-electron chi connectivity index (χ1n) is 15.7. The van der Waals surface area contributed by atoms with Crippen molar-refractivity contribution in [1.29, 1.82) is 0 Å². The normalized spacial score (nSPS) is 11.8. The first-order valence-corrected chi connectivity index (χ1v) is 17.1. The van der Waals surface area contributed by atoms with Gasteiger partial charge in [-0.15, -0.1) is 0 Å². The zero-order chi connectivity index (χ0) is 33.8. The van der Waals surface area contributed by atoms with Crippen LogP contribution in [0, 0.1) is 0 Å². The molecule has 0 aliphatic rings. The van der Waals surface area contributed by atoms with E-state index < -0.39 is 16.1 Å². The van der Waals surface area contributed by atoms with Gasteiger partial charge in [-0.2, -0.15) is 5.10 Å². The highest BCUT2D eigenvalue weighted by atomic mass is 32.2. The molecule has 11 nitrogen and oxygen atoms in total. The minimum absolute atomic E-state index is 0.185. The maximum absolute atomic E-state index is 14.1. The molecule has 0 radical (unpaired) electrons. The molecule has 12 heteroatoms. The number of carbonyl (C=O) groups excluding carboxylic acids is 1. The molecule has 0 bridgehead atoms. The SMILES string of the molecule is CCn1cc(-c2ccnc3c2cc(CNCCN(C)C)n3S(=O)(=O)c2ccccc2)c(-c2ccc(N(C(N)=O)c3ccccc3)cc2)n1. The molecule has 3 aromatic carbocycles. The number of para-hydroxylation sites is 1. The minimum atomic E-state index is -3.97. The van der Waals surface area contributed by atoms with Gasteiger partial charge in [0.05, 0.1) is 22.0 Å². The Kier molecular flexibility index (Phi) is 9.40. The molecule has 3 N–H and O–H groups in total. The first-order chi connectivity index (χ1) is 23.2. The number of primary amides is 1. The quantitative estimate of drug-likeness (QED) is 0.161. The second kappa shape index (κ2) is 13.8. The van der Waals surface area contributed by atoms with E-state index in [2.05, 4.69) is 15.2 Å². The molecule has 6 aromatic rings. The standard InChI is InChI=1S/C36H38N8O3S/c1-4-42-25-33(34(40-42)26-15-17-28(18-16-26)43(36(37)45)27-11-7-5-8-12-27)31-19-20-39-35-32(31)23-29(24-38-21-22-41(2)3)44(35)48(46,47)30-13-9-6-10-14-30/h5-20,23,25,38H,4,21-22,24H2,1-3H3,(H2,37,45). The number of amides is 2. The zero-order valence-electron chi connectivity index (χ0n) is 27.1. The number of hydrogen-bond donors (Lipinski definition) is 2. The molecule has 3 heterocycles. The van der Waals surface area contributed by atoms with Crippen LogP contribution in [0.15, 0.2) is 114 Å². The third-order valence-corrected chi connectivity index (χ3v) is 9.82. The number of likely N-dealkylation sites (N-methyl/N-ethyl adjacent to an activating group) is 1. The number of carbonyl (C=O) groups is 1. The number of aryl methyl sites for hydroxylation is 1. The molecule has 0 aliphatic carbocycles. The number of rotatable bonds is 12. The Hall–Kier alpha value is -5.30. The summed E-state index contributed by atoms with van der Waals surface area (Å²) in [7, 11) is 0.0174. The summed E-state index contributed by atoms with van der Waals surface area (Å²) < 4.78 is 31.5. The van der Waals surface area contributed by atoms with E-state index in [1.54, 1.807) is 36.5 Å². The van der Waals surface area contributed by atoms with Crippen LogP contribution in [0.2, 0.25) is 0 Å². The fourth-order valence-corrected chi connectivity index (χ4v) is 7.22. The van der Waals surface area contributed by atoms with Crippen LogP contribution in [0.5, 0.6) is 0 Å². The highest BCUT2D eigenvalue weighted by Gasteiger charge is 2.26. The number of urea groups is 1. The summed E-state index contributed by atoms with van der Waals surface area (Å²) in [6.45, 7) is 4.46. The number of aromatic nitrogens is 4. The van der Waals surface area contributed by atoms with Crippen LogP contribution >= 0.6 is 0 Å². The summed E-state index contributed by atoms with van der Waals surface area (Å²) in [5.41, 5.74) is 11.1. The van der Waals surface area contributed by atoms with Gasteiger partial charge in [0, 0.05) is 55.1 Å². The highest BCUT2D eigenvalue weighted by molar-refractivity contribution is 7.90. The molecular formula is C36H38N8O3S. The predicted octanol–water partition coefficient (Wildman–Crippen LogP) is 5.69. The lowest BCUT2D eigenvalue weighted by Gasteiger charge is -2.20. The summed E-state index contributed by atoms with van der Waals surface area (Å²) in [6, 6.07) is 28.3. The average Bonchev–Trinajstić information content (AvgIpc) is 3.70. The largest absolute Gasteiger partial charge is 0.351 e. The summed E-state index contributed by atoms with van der Waals surface area (Å²) in [5, 5.41) is 8.99. The van der Waals surface area contributed by atoms with Gasteiger partial charge in [0.25, 0.3) is 10.0 Å². The third-order valence-electron chi connectivity index (χ3n) is 8.07. The lowest BCUT2D eigenvalue weighted by Crippen LogP contribution is -2.31. The van der Waals surface area contributed by atoms with Gasteiger partial charge in [-0.05, 0) is 75.1 Å². The number of hydrogen-bond acceptors (Lipinski definition) is 7. The molecule has 246 valence electrons. The van der Waals surface area contributed by atoms with E-state index in [0.29, 0.717) is 53.4 Å². The second-order valence-electron chi connectivity index (χ2n) is 11.6. The van der Waals surface area contributed by atoms with Crippen LogP contribution in [0.3, 0.4) is 0 Å². The molecule has 0 aliphatic heterocycles. The maximum Gasteiger partial charge on any atom is 0.323 e. The van der Waals surface area contributed by atoms with Crippen LogP contribution in [-0.2, 0) is 23.1 Å². The Morgan fingerprint density at radius 3 is 2.21 bits per heavy atom. The van der Waals surface area contributed by atoms with Crippen LogP contribution in [0.25, 0.3) is 33.4 Å². The van der Waals surface area contributed by atoms with E-state index in [-0.39, 0.29) is 4.90 Å². The molecule has 0 saturated carbocycles. The van der Waals surface area contributed by atoms with Gasteiger partial charge in [-0.3, -0.25) is 9.58 Å². The molecule has 0 spiro atoms. The minimum Gasteiger partial charge on any atom is -0.351 e. The molecule has 2 amide bonds.